The lowest BCUT2D eigenvalue weighted by molar-refractivity contribution is -0.140. The molecule has 4 rings (SSSR count). The van der Waals surface area contributed by atoms with E-state index in [9.17, 15) is 18.0 Å². The summed E-state index contributed by atoms with van der Waals surface area (Å²) in [6.45, 7) is -1.42. The Morgan fingerprint density at radius 2 is 1.89 bits per heavy atom. The zero-order chi connectivity index (χ0) is 19.3. The van der Waals surface area contributed by atoms with Crippen LogP contribution in [0.5, 0.6) is 0 Å². The molecule has 0 saturated carbocycles. The van der Waals surface area contributed by atoms with Crippen LogP contribution in [0, 0.1) is 0 Å². The summed E-state index contributed by atoms with van der Waals surface area (Å²) in [5.41, 5.74) is 0.488. The highest BCUT2D eigenvalue weighted by atomic mass is 35.5. The highest BCUT2D eigenvalue weighted by Gasteiger charge is 2.30. The lowest BCUT2D eigenvalue weighted by atomic mass is 10.1. The van der Waals surface area contributed by atoms with Crippen molar-refractivity contribution in [3.05, 3.63) is 57.1 Å². The van der Waals surface area contributed by atoms with Crippen molar-refractivity contribution in [2.45, 2.75) is 12.7 Å². The minimum Gasteiger partial charge on any atom is -0.298 e. The van der Waals surface area contributed by atoms with Gasteiger partial charge in [0.15, 0.2) is 0 Å². The molecule has 0 amide bonds. The Balaban J connectivity index is 2.05. The van der Waals surface area contributed by atoms with Gasteiger partial charge in [-0.1, -0.05) is 35.3 Å². The van der Waals surface area contributed by atoms with Crippen molar-refractivity contribution >= 4 is 45.0 Å². The molecule has 4 aromatic rings. The van der Waals surface area contributed by atoms with E-state index < -0.39 is 18.3 Å². The van der Waals surface area contributed by atoms with Crippen LogP contribution >= 0.6 is 23.2 Å². The summed E-state index contributed by atoms with van der Waals surface area (Å²) >= 11 is 12.0. The van der Waals surface area contributed by atoms with Gasteiger partial charge in [0.2, 0.25) is 0 Å². The van der Waals surface area contributed by atoms with Crippen LogP contribution in [0.4, 0.5) is 13.2 Å². The number of rotatable bonds is 2. The lowest BCUT2D eigenvalue weighted by Crippen LogP contribution is -2.28. The Hall–Kier alpha value is -2.58. The van der Waals surface area contributed by atoms with Crippen LogP contribution in [0.2, 0.25) is 10.0 Å². The molecule has 0 spiro atoms. The number of alkyl halides is 3. The molecule has 0 aliphatic rings. The van der Waals surface area contributed by atoms with Crippen LogP contribution in [-0.4, -0.2) is 25.9 Å². The van der Waals surface area contributed by atoms with Gasteiger partial charge in [0.25, 0.3) is 5.56 Å². The van der Waals surface area contributed by atoms with E-state index in [0.29, 0.717) is 31.8 Å². The van der Waals surface area contributed by atoms with Crippen molar-refractivity contribution in [1.82, 2.24) is 19.7 Å². The Morgan fingerprint density at radius 3 is 2.59 bits per heavy atom. The molecule has 0 fully saturated rings. The van der Waals surface area contributed by atoms with E-state index in [2.05, 4.69) is 15.2 Å². The molecule has 3 aromatic heterocycles. The standard InChI is InChI=1S/C17H9Cl2F3N4O/c18-9-4-12(19)14(23-5-9)8-1-2-10-13(3-8)26(7-17(20,21)22)16(27)11-6-24-25-15(10)11/h1-6H,7H2,(H,24,25). The van der Waals surface area contributed by atoms with Gasteiger partial charge in [-0.2, -0.15) is 18.3 Å². The zero-order valence-corrected chi connectivity index (χ0v) is 14.8. The molecule has 138 valence electrons. The van der Waals surface area contributed by atoms with Crippen LogP contribution in [0.25, 0.3) is 33.1 Å². The molecular formula is C17H9Cl2F3N4O. The highest BCUT2D eigenvalue weighted by molar-refractivity contribution is 6.36. The van der Waals surface area contributed by atoms with Crippen LogP contribution in [-0.2, 0) is 6.54 Å². The largest absolute Gasteiger partial charge is 0.406 e. The molecule has 27 heavy (non-hydrogen) atoms. The smallest absolute Gasteiger partial charge is 0.298 e. The average molecular weight is 413 g/mol. The van der Waals surface area contributed by atoms with Gasteiger partial charge in [-0.3, -0.25) is 19.4 Å². The molecule has 3 heterocycles. The number of benzene rings is 1. The van der Waals surface area contributed by atoms with E-state index in [0.717, 1.165) is 0 Å². The van der Waals surface area contributed by atoms with E-state index in [-0.39, 0.29) is 15.9 Å². The van der Waals surface area contributed by atoms with Crippen LogP contribution in [0.1, 0.15) is 0 Å². The second-order valence-electron chi connectivity index (χ2n) is 5.88. The normalized spacial score (nSPS) is 12.2. The number of aromatic nitrogens is 4. The van der Waals surface area contributed by atoms with Gasteiger partial charge in [0, 0.05) is 17.1 Å². The van der Waals surface area contributed by atoms with E-state index in [1.165, 1.54) is 24.5 Å². The first kappa shape index (κ1) is 17.8. The fourth-order valence-corrected chi connectivity index (χ4v) is 3.47. The van der Waals surface area contributed by atoms with E-state index >= 15 is 0 Å². The second kappa shape index (κ2) is 6.24. The predicted molar refractivity (Wildman–Crippen MR) is 97.2 cm³/mol. The summed E-state index contributed by atoms with van der Waals surface area (Å²) in [5, 5.41) is 7.55. The fourth-order valence-electron chi connectivity index (χ4n) is 2.99. The van der Waals surface area contributed by atoms with Gasteiger partial charge in [-0.25, -0.2) is 0 Å². The Kier molecular flexibility index (Phi) is 4.12. The van der Waals surface area contributed by atoms with Gasteiger partial charge in [-0.15, -0.1) is 0 Å². The topological polar surface area (TPSA) is 63.6 Å². The zero-order valence-electron chi connectivity index (χ0n) is 13.3. The molecule has 1 aromatic carbocycles. The molecule has 0 unspecified atom stereocenters. The quantitative estimate of drug-likeness (QED) is 0.513. The third kappa shape index (κ3) is 3.15. The van der Waals surface area contributed by atoms with Crippen LogP contribution in [0.15, 0.2) is 41.5 Å². The summed E-state index contributed by atoms with van der Waals surface area (Å²) in [5.74, 6) is 0. The summed E-state index contributed by atoms with van der Waals surface area (Å²) in [6.07, 6.45) is -1.97. The number of halogens is 5. The number of fused-ring (bicyclic) bond motifs is 3. The summed E-state index contributed by atoms with van der Waals surface area (Å²) in [7, 11) is 0. The first-order chi connectivity index (χ1) is 12.7. The fraction of sp³-hybridized carbons (Fsp3) is 0.118. The number of hydrogen-bond donors (Lipinski definition) is 1. The first-order valence-electron chi connectivity index (χ1n) is 7.62. The van der Waals surface area contributed by atoms with Gasteiger partial charge in [0.1, 0.15) is 6.54 Å². The minimum atomic E-state index is -4.57. The molecule has 0 bridgehead atoms. The van der Waals surface area contributed by atoms with E-state index in [1.54, 1.807) is 12.1 Å². The Labute approximate surface area is 159 Å². The van der Waals surface area contributed by atoms with Gasteiger partial charge in [0.05, 0.1) is 38.4 Å². The van der Waals surface area contributed by atoms with Crippen LogP contribution in [0.3, 0.4) is 0 Å². The maximum absolute atomic E-state index is 13.1. The molecule has 0 aliphatic carbocycles. The van der Waals surface area contributed by atoms with Crippen LogP contribution < -0.4 is 5.56 Å². The number of aromatic amines is 1. The summed E-state index contributed by atoms with van der Waals surface area (Å²) < 4.78 is 39.9. The third-order valence-corrected chi connectivity index (χ3v) is 4.59. The number of hydrogen-bond acceptors (Lipinski definition) is 3. The highest BCUT2D eigenvalue weighted by Crippen LogP contribution is 2.32. The molecule has 10 heteroatoms. The van der Waals surface area contributed by atoms with Crippen molar-refractivity contribution in [3.63, 3.8) is 0 Å². The lowest BCUT2D eigenvalue weighted by Gasteiger charge is -2.14. The molecule has 0 atom stereocenters. The molecule has 0 saturated heterocycles. The maximum atomic E-state index is 13.1. The molecule has 1 N–H and O–H groups in total. The molecule has 5 nitrogen and oxygen atoms in total. The van der Waals surface area contributed by atoms with Gasteiger partial charge < -0.3 is 0 Å². The van der Waals surface area contributed by atoms with Crippen molar-refractivity contribution in [2.75, 3.05) is 0 Å². The average Bonchev–Trinajstić information content (AvgIpc) is 3.07. The number of H-pyrrole nitrogens is 1. The van der Waals surface area contributed by atoms with E-state index in [4.69, 9.17) is 23.2 Å². The predicted octanol–water partition coefficient (Wildman–Crippen LogP) is 4.81. The molecule has 0 radical (unpaired) electrons. The number of nitrogens with zero attached hydrogens (tertiary/aromatic N) is 3. The monoisotopic (exact) mass is 412 g/mol. The van der Waals surface area contributed by atoms with Crippen molar-refractivity contribution < 1.29 is 13.2 Å². The minimum absolute atomic E-state index is 0.0853. The Bertz CT molecular complexity index is 1250. The second-order valence-corrected chi connectivity index (χ2v) is 6.72. The Morgan fingerprint density at radius 1 is 1.11 bits per heavy atom. The van der Waals surface area contributed by atoms with Crippen molar-refractivity contribution in [2.24, 2.45) is 0 Å². The summed E-state index contributed by atoms with van der Waals surface area (Å²) in [4.78, 5) is 16.7. The number of pyridine rings is 2. The van der Waals surface area contributed by atoms with Gasteiger partial charge in [-0.05, 0) is 12.1 Å². The maximum Gasteiger partial charge on any atom is 0.406 e. The summed E-state index contributed by atoms with van der Waals surface area (Å²) in [6, 6.07) is 6.19. The molecule has 0 aliphatic heterocycles. The van der Waals surface area contributed by atoms with E-state index in [1.807, 2.05) is 0 Å². The number of nitrogens with one attached hydrogen (secondary N) is 1. The van der Waals surface area contributed by atoms with Crippen molar-refractivity contribution in [3.8, 4) is 11.3 Å². The first-order valence-corrected chi connectivity index (χ1v) is 8.38. The molecular weight excluding hydrogens is 404 g/mol. The van der Waals surface area contributed by atoms with Crippen molar-refractivity contribution in [1.29, 1.82) is 0 Å². The van der Waals surface area contributed by atoms with Gasteiger partial charge >= 0.3 is 6.18 Å². The third-order valence-electron chi connectivity index (χ3n) is 4.09. The SMILES string of the molecule is O=c1c2cn[nH]c2c2ccc(-c3ncc(Cl)cc3Cl)cc2n1CC(F)(F)F.